The lowest BCUT2D eigenvalue weighted by Gasteiger charge is -2.11. The highest BCUT2D eigenvalue weighted by molar-refractivity contribution is 7.90. The molecule has 1 atom stereocenters. The van der Waals surface area contributed by atoms with Gasteiger partial charge in [-0.25, -0.2) is 0 Å². The Bertz CT molecular complexity index is 1420. The van der Waals surface area contributed by atoms with Crippen molar-refractivity contribution in [1.29, 1.82) is 0 Å². The van der Waals surface area contributed by atoms with Crippen molar-refractivity contribution in [3.8, 4) is 16.9 Å². The van der Waals surface area contributed by atoms with Crippen LogP contribution >= 0.6 is 0 Å². The van der Waals surface area contributed by atoms with E-state index >= 15 is 0 Å². The largest absolute Gasteiger partial charge is 0.611 e. The van der Waals surface area contributed by atoms with Crippen LogP contribution in [0.2, 0.25) is 0 Å². The van der Waals surface area contributed by atoms with Crippen molar-refractivity contribution in [1.82, 2.24) is 14.8 Å². The molecule has 3 aromatic carbocycles. The van der Waals surface area contributed by atoms with Gasteiger partial charge in [0.15, 0.2) is 16.5 Å². The SMILES string of the molecule is CCCCOCCOc1ccc(-c2cccc(/C=C/C(=O)Nc3ccc([S@+]([O-])Cc4nncn4CCC)cc3)c2)cc1. The van der Waals surface area contributed by atoms with Crippen LogP contribution < -0.4 is 10.1 Å². The van der Waals surface area contributed by atoms with Crippen molar-refractivity contribution >= 4 is 28.8 Å². The summed E-state index contributed by atoms with van der Waals surface area (Å²) in [5.41, 5.74) is 3.64. The summed E-state index contributed by atoms with van der Waals surface area (Å²) in [5.74, 6) is 1.55. The van der Waals surface area contributed by atoms with Crippen LogP contribution in [0.4, 0.5) is 5.69 Å². The molecule has 0 spiro atoms. The quantitative estimate of drug-likeness (QED) is 0.0913. The van der Waals surface area contributed by atoms with E-state index in [9.17, 15) is 9.35 Å². The van der Waals surface area contributed by atoms with Crippen molar-refractivity contribution in [2.75, 3.05) is 25.1 Å². The van der Waals surface area contributed by atoms with Crippen molar-refractivity contribution in [3.05, 3.63) is 96.6 Å². The van der Waals surface area contributed by atoms with E-state index in [4.69, 9.17) is 9.47 Å². The third-order valence-electron chi connectivity index (χ3n) is 6.45. The molecule has 0 radical (unpaired) electrons. The summed E-state index contributed by atoms with van der Waals surface area (Å²) in [7, 11) is 0. The van der Waals surface area contributed by atoms with Gasteiger partial charge in [-0.2, -0.15) is 0 Å². The first-order chi connectivity index (χ1) is 20.6. The first-order valence-electron chi connectivity index (χ1n) is 14.3. The van der Waals surface area contributed by atoms with E-state index in [1.165, 1.54) is 6.08 Å². The summed E-state index contributed by atoms with van der Waals surface area (Å²) in [6.45, 7) is 6.89. The van der Waals surface area contributed by atoms with Crippen LogP contribution in [-0.2, 0) is 33.0 Å². The fourth-order valence-electron chi connectivity index (χ4n) is 4.20. The highest BCUT2D eigenvalue weighted by atomic mass is 32.2. The molecule has 4 aromatic rings. The second kappa shape index (κ2) is 16.5. The molecule has 1 aromatic heterocycles. The van der Waals surface area contributed by atoms with Gasteiger partial charge in [-0.1, -0.05) is 50.6 Å². The number of hydrogen-bond donors (Lipinski definition) is 1. The number of carbonyl (C=O) groups excluding carboxylic acids is 1. The molecule has 0 fully saturated rings. The fraction of sp³-hybridized carbons (Fsp3) is 0.303. The van der Waals surface area contributed by atoms with E-state index in [0.29, 0.717) is 35.4 Å². The zero-order valence-electron chi connectivity index (χ0n) is 24.2. The highest BCUT2D eigenvalue weighted by Gasteiger charge is 2.16. The van der Waals surface area contributed by atoms with E-state index in [-0.39, 0.29) is 5.91 Å². The number of ether oxygens (including phenoxy) is 2. The molecule has 0 aliphatic heterocycles. The van der Waals surface area contributed by atoms with Gasteiger partial charge in [0.1, 0.15) is 18.7 Å². The zero-order chi connectivity index (χ0) is 29.6. The Kier molecular flexibility index (Phi) is 12.2. The minimum absolute atomic E-state index is 0.248. The van der Waals surface area contributed by atoms with Gasteiger partial charge >= 0.3 is 0 Å². The number of amides is 1. The van der Waals surface area contributed by atoms with E-state index in [1.54, 1.807) is 36.7 Å². The molecule has 1 N–H and O–H groups in total. The molecule has 9 heteroatoms. The van der Waals surface area contributed by atoms with Crippen molar-refractivity contribution in [2.45, 2.75) is 50.3 Å². The summed E-state index contributed by atoms with van der Waals surface area (Å²) in [5, 5.41) is 10.9. The summed E-state index contributed by atoms with van der Waals surface area (Å²) < 4.78 is 26.0. The van der Waals surface area contributed by atoms with Crippen molar-refractivity contribution < 1.29 is 18.8 Å². The molecule has 0 saturated heterocycles. The molecule has 0 unspecified atom stereocenters. The number of unbranched alkanes of at least 4 members (excludes halogenated alkanes) is 1. The molecule has 1 heterocycles. The van der Waals surface area contributed by atoms with Gasteiger partial charge in [-0.3, -0.25) is 4.79 Å². The molecule has 0 bridgehead atoms. The van der Waals surface area contributed by atoms with Crippen molar-refractivity contribution in [2.24, 2.45) is 0 Å². The Hall–Kier alpha value is -3.92. The van der Waals surface area contributed by atoms with Gasteiger partial charge in [-0.05, 0) is 89.2 Å². The van der Waals surface area contributed by atoms with E-state index < -0.39 is 11.2 Å². The minimum Gasteiger partial charge on any atom is -0.611 e. The number of rotatable bonds is 16. The second-order valence-corrected chi connectivity index (χ2v) is 11.2. The summed E-state index contributed by atoms with van der Waals surface area (Å²) in [6, 6.07) is 23.0. The van der Waals surface area contributed by atoms with E-state index in [2.05, 4.69) is 29.4 Å². The van der Waals surface area contributed by atoms with Gasteiger partial charge in [0.2, 0.25) is 5.91 Å². The van der Waals surface area contributed by atoms with Crippen LogP contribution in [0.15, 0.2) is 90.1 Å². The van der Waals surface area contributed by atoms with Crippen LogP contribution in [-0.4, -0.2) is 45.0 Å². The third-order valence-corrected chi connectivity index (χ3v) is 7.76. The second-order valence-electron chi connectivity index (χ2n) is 9.74. The smallest absolute Gasteiger partial charge is 0.248 e. The van der Waals surface area contributed by atoms with E-state index in [1.807, 2.05) is 53.1 Å². The summed E-state index contributed by atoms with van der Waals surface area (Å²) in [4.78, 5) is 13.2. The lowest BCUT2D eigenvalue weighted by Crippen LogP contribution is -2.11. The Morgan fingerprint density at radius 1 is 0.976 bits per heavy atom. The maximum atomic E-state index is 12.8. The Balaban J connectivity index is 1.27. The first kappa shape index (κ1) is 31.0. The number of aromatic nitrogens is 3. The normalized spacial score (nSPS) is 12.0. The molecule has 42 heavy (non-hydrogen) atoms. The highest BCUT2D eigenvalue weighted by Crippen LogP contribution is 2.24. The number of aryl methyl sites for hydroxylation is 1. The monoisotopic (exact) mass is 586 g/mol. The molecule has 4 rings (SSSR count). The van der Waals surface area contributed by atoms with Crippen molar-refractivity contribution in [3.63, 3.8) is 0 Å². The van der Waals surface area contributed by atoms with Gasteiger partial charge in [0.05, 0.1) is 6.61 Å². The lowest BCUT2D eigenvalue weighted by molar-refractivity contribution is -0.111. The number of anilines is 1. The molecular weight excluding hydrogens is 548 g/mol. The molecule has 0 aliphatic rings. The Morgan fingerprint density at radius 2 is 1.79 bits per heavy atom. The molecule has 8 nitrogen and oxygen atoms in total. The lowest BCUT2D eigenvalue weighted by atomic mass is 10.0. The Morgan fingerprint density at radius 3 is 2.55 bits per heavy atom. The van der Waals surface area contributed by atoms with Crippen LogP contribution in [0.3, 0.4) is 0 Å². The summed E-state index contributed by atoms with van der Waals surface area (Å²) >= 11 is -1.26. The summed E-state index contributed by atoms with van der Waals surface area (Å²) in [6.07, 6.45) is 8.10. The van der Waals surface area contributed by atoms with Gasteiger partial charge in [-0.15, -0.1) is 10.2 Å². The fourth-order valence-corrected chi connectivity index (χ4v) is 5.26. The number of hydrogen-bond acceptors (Lipinski definition) is 6. The van der Waals surface area contributed by atoms with Gasteiger partial charge in [0, 0.05) is 24.9 Å². The van der Waals surface area contributed by atoms with Crippen LogP contribution in [0.5, 0.6) is 5.75 Å². The maximum Gasteiger partial charge on any atom is 0.248 e. The molecular formula is C33H38N4O4S. The number of benzene rings is 3. The predicted molar refractivity (Wildman–Crippen MR) is 168 cm³/mol. The predicted octanol–water partition coefficient (Wildman–Crippen LogP) is 6.51. The third kappa shape index (κ3) is 9.58. The maximum absolute atomic E-state index is 12.8. The number of carbonyl (C=O) groups is 1. The van der Waals surface area contributed by atoms with Crippen LogP contribution in [0.1, 0.15) is 44.5 Å². The first-order valence-corrected chi connectivity index (χ1v) is 15.6. The zero-order valence-corrected chi connectivity index (χ0v) is 25.0. The van der Waals surface area contributed by atoms with Gasteiger partial charge < -0.3 is 23.9 Å². The molecule has 1 amide bonds. The van der Waals surface area contributed by atoms with Crippen LogP contribution in [0.25, 0.3) is 17.2 Å². The topological polar surface area (TPSA) is 101 Å². The standard InChI is InChI=1S/C33H38N4O4S/c1-3-5-20-40-21-22-41-30-14-10-27(11-15-30)28-8-6-7-26(23-28)9-18-33(38)35-29-12-16-31(17-13-29)42(39)24-32-36-34-25-37(32)19-4-2/h6-18,23,25H,3-5,19-22,24H2,1-2H3,(H,35,38)/b18-9+/t42-/m1/s1. The molecule has 220 valence electrons. The number of nitrogens with zero attached hydrogens (tertiary/aromatic N) is 3. The Labute approximate surface area is 251 Å². The average Bonchev–Trinajstić information content (AvgIpc) is 3.45. The number of nitrogens with one attached hydrogen (secondary N) is 1. The van der Waals surface area contributed by atoms with E-state index in [0.717, 1.165) is 54.9 Å². The van der Waals surface area contributed by atoms with Crippen LogP contribution in [0, 0.1) is 0 Å². The van der Waals surface area contributed by atoms with Gasteiger partial charge in [0.25, 0.3) is 0 Å². The average molecular weight is 587 g/mol. The molecule has 0 aliphatic carbocycles. The molecule has 0 saturated carbocycles. The minimum atomic E-state index is -1.26.